The average Bonchev–Trinajstić information content (AvgIpc) is 3.20. The smallest absolute Gasteiger partial charge is 0.264 e. The molecule has 1 aliphatic rings. The molecule has 0 radical (unpaired) electrons. The molecule has 3 heterocycles. The maximum Gasteiger partial charge on any atom is 0.264 e. The fraction of sp³-hybridized carbons (Fsp3) is 0.375. The van der Waals surface area contributed by atoms with Gasteiger partial charge in [0.25, 0.3) is 5.91 Å². The summed E-state index contributed by atoms with van der Waals surface area (Å²) in [7, 11) is 0. The molecule has 0 aromatic carbocycles. The Morgan fingerprint density at radius 1 is 1.48 bits per heavy atom. The molecule has 1 amide bonds. The lowest BCUT2D eigenvalue weighted by molar-refractivity contribution is -0.131. The summed E-state index contributed by atoms with van der Waals surface area (Å²) in [5, 5.41) is 11.2. The minimum atomic E-state index is -0.599. The molecule has 0 spiro atoms. The first-order valence-electron chi connectivity index (χ1n) is 7.62. The Kier molecular flexibility index (Phi) is 4.36. The number of nitrogens with one attached hydrogen (secondary N) is 1. The summed E-state index contributed by atoms with van der Waals surface area (Å²) in [6, 6.07) is 5.58. The zero-order valence-corrected chi connectivity index (χ0v) is 13.2. The monoisotopic (exact) mass is 313 g/mol. The lowest BCUT2D eigenvalue weighted by Crippen LogP contribution is -2.34. The third kappa shape index (κ3) is 3.23. The Labute approximate surface area is 134 Å². The number of carbonyl (C=O) groups is 1. The van der Waals surface area contributed by atoms with E-state index in [1.165, 1.54) is 0 Å². The summed E-state index contributed by atoms with van der Waals surface area (Å²) >= 11 is 0. The molecule has 2 aromatic rings. The summed E-state index contributed by atoms with van der Waals surface area (Å²) in [6.45, 7) is 5.20. The van der Waals surface area contributed by atoms with Gasteiger partial charge in [-0.1, -0.05) is 11.2 Å². The third-order valence-corrected chi connectivity index (χ3v) is 3.84. The summed E-state index contributed by atoms with van der Waals surface area (Å²) < 4.78 is 1.90. The molecular formula is C16H19N5O2. The van der Waals surface area contributed by atoms with Gasteiger partial charge in [0.05, 0.1) is 24.1 Å². The van der Waals surface area contributed by atoms with Gasteiger partial charge in [-0.25, -0.2) is 0 Å². The lowest BCUT2D eigenvalue weighted by atomic mass is 10.1. The first-order valence-corrected chi connectivity index (χ1v) is 7.62. The fourth-order valence-electron chi connectivity index (χ4n) is 2.52. The van der Waals surface area contributed by atoms with Crippen LogP contribution >= 0.6 is 0 Å². The second kappa shape index (κ2) is 6.60. The molecule has 7 nitrogen and oxygen atoms in total. The number of hydrogen-bond acceptors (Lipinski definition) is 5. The van der Waals surface area contributed by atoms with E-state index < -0.39 is 6.10 Å². The van der Waals surface area contributed by atoms with E-state index in [0.717, 1.165) is 29.2 Å². The van der Waals surface area contributed by atoms with E-state index in [2.05, 4.69) is 20.6 Å². The van der Waals surface area contributed by atoms with Crippen LogP contribution < -0.4 is 5.32 Å². The number of hydrogen-bond donors (Lipinski definition) is 1. The van der Waals surface area contributed by atoms with Gasteiger partial charge in [-0.3, -0.25) is 14.5 Å². The van der Waals surface area contributed by atoms with Crippen LogP contribution in [-0.2, 0) is 22.7 Å². The molecule has 7 heteroatoms. The fourth-order valence-corrected chi connectivity index (χ4v) is 2.52. The lowest BCUT2D eigenvalue weighted by Gasteiger charge is -2.09. The van der Waals surface area contributed by atoms with Crippen LogP contribution in [0.1, 0.15) is 30.3 Å². The van der Waals surface area contributed by atoms with Crippen LogP contribution in [0.2, 0.25) is 0 Å². The van der Waals surface area contributed by atoms with Gasteiger partial charge >= 0.3 is 0 Å². The van der Waals surface area contributed by atoms with E-state index >= 15 is 0 Å². The Morgan fingerprint density at radius 3 is 3.04 bits per heavy atom. The highest BCUT2D eigenvalue weighted by atomic mass is 16.6. The number of pyridine rings is 1. The van der Waals surface area contributed by atoms with Gasteiger partial charge in [0.15, 0.2) is 0 Å². The average molecular weight is 313 g/mol. The van der Waals surface area contributed by atoms with Gasteiger partial charge in [0, 0.05) is 30.4 Å². The largest absolute Gasteiger partial charge is 0.382 e. The molecule has 120 valence electrons. The number of nitrogens with zero attached hydrogens (tertiary/aromatic N) is 4. The Bertz CT molecular complexity index is 723. The highest BCUT2D eigenvalue weighted by molar-refractivity contribution is 6.04. The zero-order chi connectivity index (χ0) is 16.2. The molecular weight excluding hydrogens is 294 g/mol. The van der Waals surface area contributed by atoms with Gasteiger partial charge in [-0.15, -0.1) is 0 Å². The number of amides is 1. The van der Waals surface area contributed by atoms with Gasteiger partial charge in [0.1, 0.15) is 0 Å². The molecule has 1 N–H and O–H groups in total. The normalized spacial score (nSPS) is 16.8. The van der Waals surface area contributed by atoms with Crippen molar-refractivity contribution in [3.8, 4) is 0 Å². The topological polar surface area (TPSA) is 81.4 Å². The number of carbonyl (C=O) groups excluding carboxylic acids is 1. The van der Waals surface area contributed by atoms with Gasteiger partial charge in [0.2, 0.25) is 6.10 Å². The summed E-state index contributed by atoms with van der Waals surface area (Å²) in [4.78, 5) is 21.6. The van der Waals surface area contributed by atoms with E-state index in [1.54, 1.807) is 12.4 Å². The predicted molar refractivity (Wildman–Crippen MR) is 84.7 cm³/mol. The summed E-state index contributed by atoms with van der Waals surface area (Å²) in [5.41, 5.74) is 3.54. The van der Waals surface area contributed by atoms with Crippen molar-refractivity contribution >= 4 is 11.6 Å². The molecule has 23 heavy (non-hydrogen) atoms. The molecule has 1 atom stereocenters. The SMILES string of the molecule is CCn1ncc(C2=NO[C@H](C(=O)NCc3ccccn3)C2)c1C. The standard InChI is InChI=1S/C16H19N5O2/c1-3-21-11(2)13(10-19-21)14-8-15(23-20-14)16(22)18-9-12-6-4-5-7-17-12/h4-7,10,15H,3,8-9H2,1-2H3,(H,18,22)/t15-/m0/s1. The number of oxime groups is 1. The second-order valence-corrected chi connectivity index (χ2v) is 5.33. The molecule has 0 aliphatic carbocycles. The second-order valence-electron chi connectivity index (χ2n) is 5.33. The van der Waals surface area contributed by atoms with E-state index in [-0.39, 0.29) is 5.91 Å². The van der Waals surface area contributed by atoms with E-state index in [9.17, 15) is 4.79 Å². The molecule has 1 aliphatic heterocycles. The number of aromatic nitrogens is 3. The molecule has 0 fully saturated rings. The minimum Gasteiger partial charge on any atom is -0.382 e. The minimum absolute atomic E-state index is 0.185. The van der Waals surface area contributed by atoms with Crippen LogP contribution in [-0.4, -0.2) is 32.5 Å². The van der Waals surface area contributed by atoms with Crippen LogP contribution in [0.25, 0.3) is 0 Å². The van der Waals surface area contributed by atoms with Gasteiger partial charge in [-0.2, -0.15) is 5.10 Å². The molecule has 0 unspecified atom stereocenters. The highest BCUT2D eigenvalue weighted by Crippen LogP contribution is 2.19. The van der Waals surface area contributed by atoms with Gasteiger partial charge < -0.3 is 10.2 Å². The predicted octanol–water partition coefficient (Wildman–Crippen LogP) is 1.42. The van der Waals surface area contributed by atoms with Crippen molar-refractivity contribution in [2.24, 2.45) is 5.16 Å². The van der Waals surface area contributed by atoms with E-state index in [1.807, 2.05) is 36.7 Å². The van der Waals surface area contributed by atoms with Crippen LogP contribution in [0, 0.1) is 6.92 Å². The van der Waals surface area contributed by atoms with Crippen LogP contribution in [0.5, 0.6) is 0 Å². The summed E-state index contributed by atoms with van der Waals surface area (Å²) in [5.74, 6) is -0.185. The van der Waals surface area contributed by atoms with E-state index in [4.69, 9.17) is 4.84 Å². The molecule has 0 bridgehead atoms. The quantitative estimate of drug-likeness (QED) is 0.905. The Hall–Kier alpha value is -2.70. The molecule has 0 saturated heterocycles. The molecule has 3 rings (SSSR count). The van der Waals surface area contributed by atoms with Crippen molar-refractivity contribution in [1.29, 1.82) is 0 Å². The molecule has 0 saturated carbocycles. The maximum absolute atomic E-state index is 12.2. The first kappa shape index (κ1) is 15.2. The van der Waals surface area contributed by atoms with Crippen LogP contribution in [0.15, 0.2) is 35.7 Å². The van der Waals surface area contributed by atoms with Crippen molar-refractivity contribution < 1.29 is 9.63 Å². The summed E-state index contributed by atoms with van der Waals surface area (Å²) in [6.07, 6.45) is 3.32. The van der Waals surface area contributed by atoms with Gasteiger partial charge in [-0.05, 0) is 26.0 Å². The third-order valence-electron chi connectivity index (χ3n) is 3.84. The van der Waals surface area contributed by atoms with Crippen molar-refractivity contribution in [2.75, 3.05) is 0 Å². The van der Waals surface area contributed by atoms with Crippen molar-refractivity contribution in [1.82, 2.24) is 20.1 Å². The van der Waals surface area contributed by atoms with E-state index in [0.29, 0.717) is 13.0 Å². The maximum atomic E-state index is 12.2. The highest BCUT2D eigenvalue weighted by Gasteiger charge is 2.30. The number of aryl methyl sites for hydroxylation is 1. The zero-order valence-electron chi connectivity index (χ0n) is 13.2. The Morgan fingerprint density at radius 2 is 2.35 bits per heavy atom. The number of rotatable bonds is 5. The first-order chi connectivity index (χ1) is 11.2. The molecule has 2 aromatic heterocycles. The van der Waals surface area contributed by atoms with Crippen molar-refractivity contribution in [2.45, 2.75) is 39.5 Å². The Balaban J connectivity index is 1.58. The van der Waals surface area contributed by atoms with Crippen LogP contribution in [0.3, 0.4) is 0 Å². The van der Waals surface area contributed by atoms with Crippen molar-refractivity contribution in [3.63, 3.8) is 0 Å². The van der Waals surface area contributed by atoms with Crippen molar-refractivity contribution in [3.05, 3.63) is 47.5 Å². The van der Waals surface area contributed by atoms with Crippen LogP contribution in [0.4, 0.5) is 0 Å².